The lowest BCUT2D eigenvalue weighted by molar-refractivity contribution is 0.283. The summed E-state index contributed by atoms with van der Waals surface area (Å²) in [4.78, 5) is 2.26. The van der Waals surface area contributed by atoms with Crippen molar-refractivity contribution >= 4 is 11.4 Å². The Balaban J connectivity index is 2.20. The van der Waals surface area contributed by atoms with Crippen LogP contribution in [0, 0.1) is 0 Å². The number of aliphatic hydroxyl groups is 1. The zero-order valence-electron chi connectivity index (χ0n) is 10.9. The smallest absolute Gasteiger partial charge is 0.144 e. The first-order chi connectivity index (χ1) is 8.76. The molecule has 0 aliphatic heterocycles. The van der Waals surface area contributed by atoms with E-state index in [4.69, 9.17) is 10.5 Å². The van der Waals surface area contributed by atoms with Gasteiger partial charge in [0.05, 0.1) is 18.9 Å². The van der Waals surface area contributed by atoms with Crippen molar-refractivity contribution in [3.63, 3.8) is 0 Å². The number of nitrogen functional groups attached to an aromatic ring is 1. The average molecular weight is 250 g/mol. The molecule has 0 radical (unpaired) electrons. The Morgan fingerprint density at radius 2 is 2.22 bits per heavy atom. The van der Waals surface area contributed by atoms with E-state index >= 15 is 0 Å². The second-order valence-electron chi connectivity index (χ2n) is 4.66. The predicted molar refractivity (Wildman–Crippen MR) is 74.1 cm³/mol. The Kier molecular flexibility index (Phi) is 4.31. The molecule has 3 N–H and O–H groups in total. The lowest BCUT2D eigenvalue weighted by atomic mass is 9.91. The van der Waals surface area contributed by atoms with Crippen LogP contribution in [0.4, 0.5) is 11.4 Å². The maximum atomic E-state index is 9.20. The van der Waals surface area contributed by atoms with Crippen molar-refractivity contribution < 1.29 is 9.84 Å². The lowest BCUT2D eigenvalue weighted by Crippen LogP contribution is -2.41. The van der Waals surface area contributed by atoms with Crippen LogP contribution in [0.1, 0.15) is 26.2 Å². The molecule has 1 aliphatic carbocycles. The standard InChI is InChI=1S/C14H22N2O2/c1-2-18-14-10-12(6-7-13(14)15)16(8-9-17)11-4-3-5-11/h6-7,10-11,17H,2-5,8-9,15H2,1H3. The van der Waals surface area contributed by atoms with Crippen LogP contribution in [0.25, 0.3) is 0 Å². The van der Waals surface area contributed by atoms with Gasteiger partial charge in [-0.05, 0) is 38.3 Å². The van der Waals surface area contributed by atoms with Crippen molar-refractivity contribution in [2.45, 2.75) is 32.2 Å². The van der Waals surface area contributed by atoms with Gasteiger partial charge in [0.25, 0.3) is 0 Å². The molecule has 1 saturated carbocycles. The molecule has 0 amide bonds. The molecular weight excluding hydrogens is 228 g/mol. The Labute approximate surface area is 108 Å². The predicted octanol–water partition coefficient (Wildman–Crippen LogP) is 2.02. The number of ether oxygens (including phenoxy) is 1. The number of nitrogens with zero attached hydrogens (tertiary/aromatic N) is 1. The molecule has 1 aromatic carbocycles. The van der Waals surface area contributed by atoms with Crippen LogP contribution >= 0.6 is 0 Å². The second kappa shape index (κ2) is 5.96. The SMILES string of the molecule is CCOc1cc(N(CCO)C2CCC2)ccc1N. The number of hydrogen-bond donors (Lipinski definition) is 2. The highest BCUT2D eigenvalue weighted by Crippen LogP contribution is 2.33. The molecule has 0 spiro atoms. The van der Waals surface area contributed by atoms with Crippen molar-refractivity contribution in [2.24, 2.45) is 0 Å². The van der Waals surface area contributed by atoms with E-state index in [1.54, 1.807) is 0 Å². The Morgan fingerprint density at radius 1 is 1.44 bits per heavy atom. The fourth-order valence-electron chi connectivity index (χ4n) is 2.31. The summed E-state index contributed by atoms with van der Waals surface area (Å²) in [5.41, 5.74) is 7.63. The van der Waals surface area contributed by atoms with E-state index in [-0.39, 0.29) is 6.61 Å². The van der Waals surface area contributed by atoms with Crippen molar-refractivity contribution in [1.82, 2.24) is 0 Å². The molecule has 0 saturated heterocycles. The van der Waals surface area contributed by atoms with E-state index in [2.05, 4.69) is 4.90 Å². The third-order valence-corrected chi connectivity index (χ3v) is 3.49. The molecule has 0 bridgehead atoms. The van der Waals surface area contributed by atoms with Gasteiger partial charge in [-0.1, -0.05) is 0 Å². The van der Waals surface area contributed by atoms with Crippen LogP contribution in [-0.2, 0) is 0 Å². The Bertz CT molecular complexity index is 391. The number of aliphatic hydroxyl groups excluding tert-OH is 1. The first-order valence-corrected chi connectivity index (χ1v) is 6.66. The first-order valence-electron chi connectivity index (χ1n) is 6.66. The highest BCUT2D eigenvalue weighted by atomic mass is 16.5. The molecule has 1 aromatic rings. The van der Waals surface area contributed by atoms with Gasteiger partial charge in [0.15, 0.2) is 0 Å². The molecule has 100 valence electrons. The maximum Gasteiger partial charge on any atom is 0.144 e. The summed E-state index contributed by atoms with van der Waals surface area (Å²) >= 11 is 0. The van der Waals surface area contributed by atoms with Crippen LogP contribution in [0.3, 0.4) is 0 Å². The van der Waals surface area contributed by atoms with E-state index in [0.717, 1.165) is 11.4 Å². The Morgan fingerprint density at radius 3 is 2.78 bits per heavy atom. The van der Waals surface area contributed by atoms with Gasteiger partial charge in [0.2, 0.25) is 0 Å². The zero-order valence-corrected chi connectivity index (χ0v) is 10.9. The molecule has 0 heterocycles. The summed E-state index contributed by atoms with van der Waals surface area (Å²) in [5.74, 6) is 0.734. The summed E-state index contributed by atoms with van der Waals surface area (Å²) in [6.45, 7) is 3.39. The zero-order chi connectivity index (χ0) is 13.0. The number of hydrogen-bond acceptors (Lipinski definition) is 4. The van der Waals surface area contributed by atoms with Gasteiger partial charge in [0, 0.05) is 24.3 Å². The third-order valence-electron chi connectivity index (χ3n) is 3.49. The average Bonchev–Trinajstić information content (AvgIpc) is 2.29. The lowest BCUT2D eigenvalue weighted by Gasteiger charge is -2.39. The number of rotatable bonds is 6. The molecule has 4 heteroatoms. The highest BCUT2D eigenvalue weighted by Gasteiger charge is 2.25. The number of benzene rings is 1. The van der Waals surface area contributed by atoms with Gasteiger partial charge in [0.1, 0.15) is 5.75 Å². The molecular formula is C14H22N2O2. The van der Waals surface area contributed by atoms with Gasteiger partial charge in [-0.15, -0.1) is 0 Å². The number of nitrogens with two attached hydrogens (primary N) is 1. The van der Waals surface area contributed by atoms with E-state index in [1.165, 1.54) is 19.3 Å². The van der Waals surface area contributed by atoms with Crippen LogP contribution in [0.15, 0.2) is 18.2 Å². The monoisotopic (exact) mass is 250 g/mol. The summed E-state index contributed by atoms with van der Waals surface area (Å²) in [7, 11) is 0. The van der Waals surface area contributed by atoms with E-state index in [0.29, 0.717) is 24.9 Å². The second-order valence-corrected chi connectivity index (χ2v) is 4.66. The van der Waals surface area contributed by atoms with Gasteiger partial charge in [-0.2, -0.15) is 0 Å². The number of anilines is 2. The fraction of sp³-hybridized carbons (Fsp3) is 0.571. The van der Waals surface area contributed by atoms with Crippen LogP contribution in [0.5, 0.6) is 5.75 Å². The molecule has 0 atom stereocenters. The summed E-state index contributed by atoms with van der Waals surface area (Å²) in [6, 6.07) is 6.41. The summed E-state index contributed by atoms with van der Waals surface area (Å²) in [5, 5.41) is 9.20. The van der Waals surface area contributed by atoms with Crippen molar-refractivity contribution in [3.8, 4) is 5.75 Å². The molecule has 1 aliphatic rings. The van der Waals surface area contributed by atoms with Crippen molar-refractivity contribution in [1.29, 1.82) is 0 Å². The van der Waals surface area contributed by atoms with Crippen LogP contribution in [0.2, 0.25) is 0 Å². The van der Waals surface area contributed by atoms with E-state index in [9.17, 15) is 5.11 Å². The topological polar surface area (TPSA) is 58.7 Å². The molecule has 0 unspecified atom stereocenters. The van der Waals surface area contributed by atoms with E-state index in [1.807, 2.05) is 25.1 Å². The molecule has 0 aromatic heterocycles. The van der Waals surface area contributed by atoms with E-state index < -0.39 is 0 Å². The van der Waals surface area contributed by atoms with Gasteiger partial charge in [-0.25, -0.2) is 0 Å². The Hall–Kier alpha value is -1.42. The minimum Gasteiger partial charge on any atom is -0.492 e. The fourth-order valence-corrected chi connectivity index (χ4v) is 2.31. The normalized spacial score (nSPS) is 15.2. The van der Waals surface area contributed by atoms with Gasteiger partial charge < -0.3 is 20.5 Å². The van der Waals surface area contributed by atoms with Crippen LogP contribution < -0.4 is 15.4 Å². The summed E-state index contributed by atoms with van der Waals surface area (Å²) < 4.78 is 5.52. The van der Waals surface area contributed by atoms with Gasteiger partial charge >= 0.3 is 0 Å². The largest absolute Gasteiger partial charge is 0.492 e. The van der Waals surface area contributed by atoms with Crippen molar-refractivity contribution in [2.75, 3.05) is 30.4 Å². The molecule has 2 rings (SSSR count). The van der Waals surface area contributed by atoms with Crippen molar-refractivity contribution in [3.05, 3.63) is 18.2 Å². The summed E-state index contributed by atoms with van der Waals surface area (Å²) in [6.07, 6.45) is 3.68. The molecule has 4 nitrogen and oxygen atoms in total. The first kappa shape index (κ1) is 13.0. The molecule has 18 heavy (non-hydrogen) atoms. The minimum atomic E-state index is 0.171. The maximum absolute atomic E-state index is 9.20. The molecule has 1 fully saturated rings. The third kappa shape index (κ3) is 2.70. The highest BCUT2D eigenvalue weighted by molar-refractivity contribution is 5.62. The quantitative estimate of drug-likeness (QED) is 0.758. The minimum absolute atomic E-state index is 0.171. The van der Waals surface area contributed by atoms with Crippen LogP contribution in [-0.4, -0.2) is 30.9 Å². The van der Waals surface area contributed by atoms with Gasteiger partial charge in [-0.3, -0.25) is 0 Å².